The predicted octanol–water partition coefficient (Wildman–Crippen LogP) is 2.66. The van der Waals surface area contributed by atoms with E-state index in [2.05, 4.69) is 22.4 Å². The second-order valence-electron chi connectivity index (χ2n) is 5.59. The maximum Gasteiger partial charge on any atom is 0.254 e. The molecule has 0 spiro atoms. The van der Waals surface area contributed by atoms with Crippen molar-refractivity contribution in [3.8, 4) is 0 Å². The van der Waals surface area contributed by atoms with Gasteiger partial charge in [0, 0.05) is 12.2 Å². The summed E-state index contributed by atoms with van der Waals surface area (Å²) in [5, 5.41) is 9.64. The lowest BCUT2D eigenvalue weighted by Crippen LogP contribution is -2.27. The maximum atomic E-state index is 11.9. The summed E-state index contributed by atoms with van der Waals surface area (Å²) in [5.74, 6) is 1.64. The van der Waals surface area contributed by atoms with Crippen molar-refractivity contribution in [3.63, 3.8) is 0 Å². The van der Waals surface area contributed by atoms with Crippen molar-refractivity contribution < 1.29 is 4.79 Å². The topological polar surface area (TPSA) is 57.8 Å². The van der Waals surface area contributed by atoms with E-state index in [1.165, 1.54) is 25.7 Å². The van der Waals surface area contributed by atoms with Crippen LogP contribution in [-0.2, 0) is 0 Å². The molecule has 0 aromatic carbocycles. The first kappa shape index (κ1) is 13.1. The molecular formula is C14H23N3O. The molecule has 2 N–H and O–H groups in total. The third-order valence-corrected chi connectivity index (χ3v) is 3.96. The Labute approximate surface area is 109 Å². The Kier molecular flexibility index (Phi) is 4.39. The largest absolute Gasteiger partial charge is 0.352 e. The second kappa shape index (κ2) is 6.03. The van der Waals surface area contributed by atoms with Crippen molar-refractivity contribution in [1.29, 1.82) is 0 Å². The molecule has 0 radical (unpaired) electrons. The highest BCUT2D eigenvalue weighted by Crippen LogP contribution is 2.30. The number of hydrogen-bond acceptors (Lipinski definition) is 2. The van der Waals surface area contributed by atoms with Crippen molar-refractivity contribution >= 4 is 5.91 Å². The summed E-state index contributed by atoms with van der Waals surface area (Å²) in [6.45, 7) is 4.98. The lowest BCUT2D eigenvalue weighted by atomic mass is 9.81. The Bertz CT molecular complexity index is 399. The van der Waals surface area contributed by atoms with Crippen LogP contribution in [0.4, 0.5) is 0 Å². The van der Waals surface area contributed by atoms with Gasteiger partial charge >= 0.3 is 0 Å². The standard InChI is InChI=1S/C14H23N3O/c1-10-4-3-5-12(8-10)6-7-15-14(18)13-9-16-17-11(13)2/h9-10,12H,3-8H2,1-2H3,(H,15,18)(H,16,17). The Morgan fingerprint density at radius 1 is 1.56 bits per heavy atom. The quantitative estimate of drug-likeness (QED) is 0.862. The van der Waals surface area contributed by atoms with Crippen LogP contribution < -0.4 is 5.32 Å². The highest BCUT2D eigenvalue weighted by Gasteiger charge is 2.19. The molecule has 18 heavy (non-hydrogen) atoms. The van der Waals surface area contributed by atoms with Crippen LogP contribution in [0, 0.1) is 18.8 Å². The minimum atomic E-state index is -0.00916. The number of amides is 1. The number of H-pyrrole nitrogens is 1. The van der Waals surface area contributed by atoms with Gasteiger partial charge in [0.25, 0.3) is 5.91 Å². The fourth-order valence-corrected chi connectivity index (χ4v) is 2.89. The highest BCUT2D eigenvalue weighted by molar-refractivity contribution is 5.94. The monoisotopic (exact) mass is 249 g/mol. The van der Waals surface area contributed by atoms with E-state index in [4.69, 9.17) is 0 Å². The third-order valence-electron chi connectivity index (χ3n) is 3.96. The minimum Gasteiger partial charge on any atom is -0.352 e. The lowest BCUT2D eigenvalue weighted by molar-refractivity contribution is 0.0949. The molecule has 2 atom stereocenters. The number of hydrogen-bond donors (Lipinski definition) is 2. The van der Waals surface area contributed by atoms with Crippen LogP contribution in [0.25, 0.3) is 0 Å². The first-order chi connectivity index (χ1) is 8.66. The third kappa shape index (κ3) is 3.34. The van der Waals surface area contributed by atoms with E-state index in [-0.39, 0.29) is 5.91 Å². The van der Waals surface area contributed by atoms with E-state index in [1.807, 2.05) is 6.92 Å². The molecule has 2 unspecified atom stereocenters. The zero-order valence-electron chi connectivity index (χ0n) is 11.3. The number of aromatic nitrogens is 2. The normalized spacial score (nSPS) is 23.9. The summed E-state index contributed by atoms with van der Waals surface area (Å²) in [4.78, 5) is 11.9. The molecule has 4 heteroatoms. The van der Waals surface area contributed by atoms with Crippen LogP contribution in [0.15, 0.2) is 6.20 Å². The van der Waals surface area contributed by atoms with E-state index >= 15 is 0 Å². The summed E-state index contributed by atoms with van der Waals surface area (Å²) in [7, 11) is 0. The maximum absolute atomic E-state index is 11.9. The Hall–Kier alpha value is -1.32. The van der Waals surface area contributed by atoms with Crippen LogP contribution in [0.5, 0.6) is 0 Å². The molecule has 1 aromatic rings. The molecule has 1 heterocycles. The van der Waals surface area contributed by atoms with Crippen LogP contribution >= 0.6 is 0 Å². The van der Waals surface area contributed by atoms with Gasteiger partial charge in [-0.2, -0.15) is 5.10 Å². The van der Waals surface area contributed by atoms with Gasteiger partial charge in [0.2, 0.25) is 0 Å². The van der Waals surface area contributed by atoms with Crippen molar-refractivity contribution in [1.82, 2.24) is 15.5 Å². The molecule has 1 fully saturated rings. The Morgan fingerprint density at radius 2 is 2.39 bits per heavy atom. The first-order valence-corrected chi connectivity index (χ1v) is 6.95. The molecule has 1 aliphatic rings. The minimum absolute atomic E-state index is 0.00916. The number of nitrogens with zero attached hydrogens (tertiary/aromatic N) is 1. The van der Waals surface area contributed by atoms with Gasteiger partial charge in [0.15, 0.2) is 0 Å². The highest BCUT2D eigenvalue weighted by atomic mass is 16.1. The van der Waals surface area contributed by atoms with E-state index in [0.717, 1.165) is 30.5 Å². The fourth-order valence-electron chi connectivity index (χ4n) is 2.89. The van der Waals surface area contributed by atoms with Crippen LogP contribution in [0.3, 0.4) is 0 Å². The summed E-state index contributed by atoms with van der Waals surface area (Å²) < 4.78 is 0. The second-order valence-corrected chi connectivity index (χ2v) is 5.59. The Balaban J connectivity index is 1.72. The smallest absolute Gasteiger partial charge is 0.254 e. The molecule has 0 saturated heterocycles. The number of rotatable bonds is 4. The lowest BCUT2D eigenvalue weighted by Gasteiger charge is -2.26. The molecule has 0 bridgehead atoms. The van der Waals surface area contributed by atoms with E-state index < -0.39 is 0 Å². The van der Waals surface area contributed by atoms with Gasteiger partial charge in [-0.3, -0.25) is 9.89 Å². The average Bonchev–Trinajstić information content (AvgIpc) is 2.75. The number of carbonyl (C=O) groups is 1. The molecule has 2 rings (SSSR count). The van der Waals surface area contributed by atoms with Crippen molar-refractivity contribution in [2.75, 3.05) is 6.54 Å². The number of nitrogens with one attached hydrogen (secondary N) is 2. The fraction of sp³-hybridized carbons (Fsp3) is 0.714. The number of aromatic amines is 1. The van der Waals surface area contributed by atoms with Crippen LogP contribution in [0.2, 0.25) is 0 Å². The first-order valence-electron chi connectivity index (χ1n) is 6.95. The summed E-state index contributed by atoms with van der Waals surface area (Å²) in [5.41, 5.74) is 1.49. The molecule has 100 valence electrons. The molecule has 1 aliphatic carbocycles. The van der Waals surface area contributed by atoms with E-state index in [0.29, 0.717) is 5.56 Å². The van der Waals surface area contributed by atoms with Crippen LogP contribution in [0.1, 0.15) is 55.1 Å². The van der Waals surface area contributed by atoms with Crippen molar-refractivity contribution in [3.05, 3.63) is 17.5 Å². The predicted molar refractivity (Wildman–Crippen MR) is 71.4 cm³/mol. The zero-order valence-corrected chi connectivity index (χ0v) is 11.3. The van der Waals surface area contributed by atoms with Crippen molar-refractivity contribution in [2.45, 2.75) is 46.0 Å². The van der Waals surface area contributed by atoms with Gasteiger partial charge in [0.1, 0.15) is 0 Å². The summed E-state index contributed by atoms with van der Waals surface area (Å²) >= 11 is 0. The summed E-state index contributed by atoms with van der Waals surface area (Å²) in [6, 6.07) is 0. The van der Waals surface area contributed by atoms with E-state index in [1.54, 1.807) is 6.20 Å². The average molecular weight is 249 g/mol. The van der Waals surface area contributed by atoms with Gasteiger partial charge in [-0.25, -0.2) is 0 Å². The zero-order chi connectivity index (χ0) is 13.0. The van der Waals surface area contributed by atoms with Gasteiger partial charge in [-0.1, -0.05) is 26.2 Å². The van der Waals surface area contributed by atoms with Gasteiger partial charge in [-0.05, 0) is 31.6 Å². The van der Waals surface area contributed by atoms with Gasteiger partial charge < -0.3 is 5.32 Å². The number of aryl methyl sites for hydroxylation is 1. The van der Waals surface area contributed by atoms with Gasteiger partial charge in [-0.15, -0.1) is 0 Å². The molecule has 4 nitrogen and oxygen atoms in total. The van der Waals surface area contributed by atoms with Gasteiger partial charge in [0.05, 0.1) is 11.8 Å². The molecule has 1 aromatic heterocycles. The molecular weight excluding hydrogens is 226 g/mol. The van der Waals surface area contributed by atoms with E-state index in [9.17, 15) is 4.79 Å². The SMILES string of the molecule is Cc1[nH]ncc1C(=O)NCCC1CCCC(C)C1. The Morgan fingerprint density at radius 3 is 3.06 bits per heavy atom. The molecule has 0 aliphatic heterocycles. The summed E-state index contributed by atoms with van der Waals surface area (Å²) in [6.07, 6.45) is 8.06. The molecule has 1 amide bonds. The van der Waals surface area contributed by atoms with Crippen LogP contribution in [-0.4, -0.2) is 22.6 Å². The number of carbonyl (C=O) groups excluding carboxylic acids is 1. The van der Waals surface area contributed by atoms with Crippen molar-refractivity contribution in [2.24, 2.45) is 11.8 Å². The molecule has 1 saturated carbocycles.